The molecule has 0 bridgehead atoms. The van der Waals surface area contributed by atoms with Gasteiger partial charge in [0.15, 0.2) is 0 Å². The first kappa shape index (κ1) is 18.3. The summed E-state index contributed by atoms with van der Waals surface area (Å²) < 4.78 is 38.6. The average Bonchev–Trinajstić information content (AvgIpc) is 2.26. The second-order valence-electron chi connectivity index (χ2n) is 4.64. The SMILES string of the molecule is CCCCC(CC)COC(=O)CC(C)OS(=O)(=O)O. The minimum Gasteiger partial charge on any atom is -0.465 e. The Morgan fingerprint density at radius 1 is 1.32 bits per heavy atom. The fourth-order valence-corrected chi connectivity index (χ4v) is 2.13. The molecule has 0 radical (unpaired) electrons. The van der Waals surface area contributed by atoms with Gasteiger partial charge in [0.05, 0.1) is 19.1 Å². The van der Waals surface area contributed by atoms with Gasteiger partial charge in [0.1, 0.15) is 0 Å². The van der Waals surface area contributed by atoms with Crippen molar-refractivity contribution in [2.75, 3.05) is 6.61 Å². The maximum Gasteiger partial charge on any atom is 0.397 e. The zero-order valence-corrected chi connectivity index (χ0v) is 12.6. The Labute approximate surface area is 115 Å². The lowest BCUT2D eigenvalue weighted by Crippen LogP contribution is -2.21. The highest BCUT2D eigenvalue weighted by Crippen LogP contribution is 2.13. The molecule has 2 unspecified atom stereocenters. The molecule has 2 atom stereocenters. The van der Waals surface area contributed by atoms with Gasteiger partial charge >= 0.3 is 16.4 Å². The molecule has 0 rings (SSSR count). The molecule has 0 aliphatic heterocycles. The number of carbonyl (C=O) groups is 1. The maximum absolute atomic E-state index is 11.5. The average molecular weight is 296 g/mol. The van der Waals surface area contributed by atoms with Crippen molar-refractivity contribution in [1.82, 2.24) is 0 Å². The number of unbranched alkanes of at least 4 members (excludes halogenated alkanes) is 1. The minimum atomic E-state index is -4.52. The molecule has 0 aromatic rings. The van der Waals surface area contributed by atoms with Crippen LogP contribution in [0.3, 0.4) is 0 Å². The van der Waals surface area contributed by atoms with E-state index in [0.29, 0.717) is 12.5 Å². The van der Waals surface area contributed by atoms with Crippen LogP contribution in [-0.4, -0.2) is 31.7 Å². The van der Waals surface area contributed by atoms with Crippen molar-refractivity contribution < 1.29 is 26.7 Å². The molecule has 0 aromatic heterocycles. The van der Waals surface area contributed by atoms with E-state index >= 15 is 0 Å². The summed E-state index contributed by atoms with van der Waals surface area (Å²) in [7, 11) is -4.52. The zero-order valence-electron chi connectivity index (χ0n) is 11.8. The molecular weight excluding hydrogens is 272 g/mol. The van der Waals surface area contributed by atoms with E-state index in [-0.39, 0.29) is 6.42 Å². The Kier molecular flexibility index (Phi) is 8.95. The van der Waals surface area contributed by atoms with Crippen LogP contribution in [0.2, 0.25) is 0 Å². The molecular formula is C12H24O6S. The number of esters is 1. The lowest BCUT2D eigenvalue weighted by atomic mass is 10.0. The summed E-state index contributed by atoms with van der Waals surface area (Å²) in [5.41, 5.74) is 0. The summed E-state index contributed by atoms with van der Waals surface area (Å²) in [6.07, 6.45) is 3.01. The van der Waals surface area contributed by atoms with E-state index in [2.05, 4.69) is 11.1 Å². The highest BCUT2D eigenvalue weighted by Gasteiger charge is 2.18. The van der Waals surface area contributed by atoms with Crippen molar-refractivity contribution in [3.63, 3.8) is 0 Å². The van der Waals surface area contributed by atoms with E-state index < -0.39 is 22.5 Å². The Balaban J connectivity index is 3.97. The topological polar surface area (TPSA) is 89.9 Å². The molecule has 19 heavy (non-hydrogen) atoms. The molecule has 0 fully saturated rings. The molecule has 0 amide bonds. The molecule has 0 heterocycles. The van der Waals surface area contributed by atoms with Gasteiger partial charge in [-0.05, 0) is 19.3 Å². The first-order chi connectivity index (χ1) is 8.78. The van der Waals surface area contributed by atoms with Gasteiger partial charge in [0, 0.05) is 0 Å². The van der Waals surface area contributed by atoms with E-state index in [9.17, 15) is 13.2 Å². The standard InChI is InChI=1S/C12H24O6S/c1-4-6-7-11(5-2)9-17-12(13)8-10(3)18-19(14,15)16/h10-11H,4-9H2,1-3H3,(H,14,15,16). The Morgan fingerprint density at radius 2 is 1.95 bits per heavy atom. The predicted octanol–water partition coefficient (Wildman–Crippen LogP) is 2.34. The van der Waals surface area contributed by atoms with Gasteiger partial charge in [-0.25, -0.2) is 4.18 Å². The third kappa shape index (κ3) is 10.9. The van der Waals surface area contributed by atoms with Crippen molar-refractivity contribution in [2.45, 2.75) is 59.0 Å². The first-order valence-corrected chi connectivity index (χ1v) is 7.96. The highest BCUT2D eigenvalue weighted by atomic mass is 32.3. The van der Waals surface area contributed by atoms with Crippen LogP contribution in [0.4, 0.5) is 0 Å². The van der Waals surface area contributed by atoms with Gasteiger partial charge < -0.3 is 4.74 Å². The number of rotatable bonds is 10. The van der Waals surface area contributed by atoms with Gasteiger partial charge in [-0.1, -0.05) is 33.1 Å². The third-order valence-electron chi connectivity index (χ3n) is 2.76. The van der Waals surface area contributed by atoms with E-state index in [1.54, 1.807) is 0 Å². The minimum absolute atomic E-state index is 0.204. The van der Waals surface area contributed by atoms with E-state index in [1.807, 2.05) is 6.92 Å². The quantitative estimate of drug-likeness (QED) is 0.491. The molecule has 0 aliphatic rings. The Hall–Kier alpha value is -0.660. The van der Waals surface area contributed by atoms with Gasteiger partial charge in [0.2, 0.25) is 0 Å². The molecule has 7 heteroatoms. The summed E-state index contributed by atoms with van der Waals surface area (Å²) >= 11 is 0. The Bertz CT molecular complexity index is 351. The van der Waals surface area contributed by atoms with Gasteiger partial charge in [-0.2, -0.15) is 8.42 Å². The number of hydrogen-bond acceptors (Lipinski definition) is 5. The second kappa shape index (κ2) is 9.28. The number of ether oxygens (including phenoxy) is 1. The normalized spacial score (nSPS) is 14.9. The van der Waals surface area contributed by atoms with Crippen molar-refractivity contribution in [1.29, 1.82) is 0 Å². The fraction of sp³-hybridized carbons (Fsp3) is 0.917. The molecule has 1 N–H and O–H groups in total. The van der Waals surface area contributed by atoms with Crippen LogP contribution in [-0.2, 0) is 24.1 Å². The largest absolute Gasteiger partial charge is 0.465 e. The van der Waals surface area contributed by atoms with Crippen molar-refractivity contribution in [2.24, 2.45) is 5.92 Å². The molecule has 0 spiro atoms. The number of hydrogen-bond donors (Lipinski definition) is 1. The maximum atomic E-state index is 11.5. The van der Waals surface area contributed by atoms with Crippen LogP contribution in [0.15, 0.2) is 0 Å². The Morgan fingerprint density at radius 3 is 2.42 bits per heavy atom. The molecule has 0 aromatic carbocycles. The summed E-state index contributed by atoms with van der Waals surface area (Å²) in [5, 5.41) is 0. The zero-order chi connectivity index (χ0) is 14.9. The smallest absolute Gasteiger partial charge is 0.397 e. The fourth-order valence-electron chi connectivity index (χ4n) is 1.64. The van der Waals surface area contributed by atoms with E-state index in [1.165, 1.54) is 6.92 Å². The van der Waals surface area contributed by atoms with Gasteiger partial charge in [0.25, 0.3) is 0 Å². The molecule has 0 saturated carbocycles. The summed E-state index contributed by atoms with van der Waals surface area (Å²) in [6.45, 7) is 5.86. The van der Waals surface area contributed by atoms with Crippen LogP contribution in [0.25, 0.3) is 0 Å². The molecule has 6 nitrogen and oxygen atoms in total. The van der Waals surface area contributed by atoms with Crippen LogP contribution in [0.5, 0.6) is 0 Å². The second-order valence-corrected chi connectivity index (χ2v) is 5.69. The predicted molar refractivity (Wildman–Crippen MR) is 71.0 cm³/mol. The van der Waals surface area contributed by atoms with E-state index in [4.69, 9.17) is 9.29 Å². The lowest BCUT2D eigenvalue weighted by Gasteiger charge is -2.15. The van der Waals surface area contributed by atoms with Crippen molar-refractivity contribution in [3.8, 4) is 0 Å². The number of carbonyl (C=O) groups excluding carboxylic acids is 1. The van der Waals surface area contributed by atoms with Crippen LogP contribution >= 0.6 is 0 Å². The highest BCUT2D eigenvalue weighted by molar-refractivity contribution is 7.80. The van der Waals surface area contributed by atoms with Crippen molar-refractivity contribution >= 4 is 16.4 Å². The van der Waals surface area contributed by atoms with Crippen molar-refractivity contribution in [3.05, 3.63) is 0 Å². The van der Waals surface area contributed by atoms with Gasteiger partial charge in [-0.15, -0.1) is 0 Å². The molecule has 0 saturated heterocycles. The van der Waals surface area contributed by atoms with Gasteiger partial charge in [-0.3, -0.25) is 9.35 Å². The van der Waals surface area contributed by atoms with Crippen LogP contribution in [0, 0.1) is 5.92 Å². The summed E-state index contributed by atoms with van der Waals surface area (Å²) in [5.74, 6) is -0.187. The molecule has 0 aliphatic carbocycles. The third-order valence-corrected chi connectivity index (χ3v) is 3.34. The molecule has 114 valence electrons. The van der Waals surface area contributed by atoms with Crippen LogP contribution < -0.4 is 0 Å². The first-order valence-electron chi connectivity index (χ1n) is 6.59. The monoisotopic (exact) mass is 296 g/mol. The van der Waals surface area contributed by atoms with E-state index in [0.717, 1.165) is 25.7 Å². The van der Waals surface area contributed by atoms with Crippen LogP contribution in [0.1, 0.15) is 52.9 Å². The summed E-state index contributed by atoms with van der Waals surface area (Å²) in [6, 6.07) is 0. The summed E-state index contributed by atoms with van der Waals surface area (Å²) in [4.78, 5) is 11.5. The lowest BCUT2D eigenvalue weighted by molar-refractivity contribution is -0.146.